The van der Waals surface area contributed by atoms with Crippen LogP contribution >= 0.6 is 11.6 Å². The van der Waals surface area contributed by atoms with Crippen molar-refractivity contribution in [2.24, 2.45) is 16.7 Å². The Labute approximate surface area is 307 Å². The molecule has 11 heteroatoms. The summed E-state index contributed by atoms with van der Waals surface area (Å²) in [7, 11) is 1.51. The van der Waals surface area contributed by atoms with E-state index in [4.69, 9.17) is 25.8 Å². The number of methoxy groups -OCH3 is 1. The van der Waals surface area contributed by atoms with E-state index in [0.29, 0.717) is 22.8 Å². The van der Waals surface area contributed by atoms with Crippen LogP contribution in [0.1, 0.15) is 91.0 Å². The lowest BCUT2D eigenvalue weighted by atomic mass is 9.82. The number of carbonyl (C=O) groups excluding carboxylic acids is 4. The topological polar surface area (TPSA) is 135 Å². The number of nitrogens with one attached hydrogen (secondary N) is 3. The Bertz CT molecular complexity index is 1600. The number of cyclic esters (lactones) is 1. The molecule has 51 heavy (non-hydrogen) atoms. The van der Waals surface area contributed by atoms with Crippen LogP contribution in [0.25, 0.3) is 0 Å². The predicted molar refractivity (Wildman–Crippen MR) is 197 cm³/mol. The summed E-state index contributed by atoms with van der Waals surface area (Å²) in [6.07, 6.45) is 3.61. The van der Waals surface area contributed by atoms with Gasteiger partial charge in [0, 0.05) is 24.8 Å². The third-order valence-corrected chi connectivity index (χ3v) is 10.3. The van der Waals surface area contributed by atoms with Crippen molar-refractivity contribution in [2.45, 2.75) is 118 Å². The second-order valence-electron chi connectivity index (χ2n) is 15.6. The van der Waals surface area contributed by atoms with Gasteiger partial charge in [-0.1, -0.05) is 82.6 Å². The van der Waals surface area contributed by atoms with Crippen molar-refractivity contribution in [3.63, 3.8) is 0 Å². The van der Waals surface area contributed by atoms with Crippen molar-refractivity contribution >= 4 is 35.3 Å². The van der Waals surface area contributed by atoms with E-state index >= 15 is 0 Å². The van der Waals surface area contributed by atoms with E-state index in [1.165, 1.54) is 18.7 Å². The Morgan fingerprint density at radius 1 is 0.980 bits per heavy atom. The van der Waals surface area contributed by atoms with Crippen LogP contribution in [0.15, 0.2) is 54.6 Å². The van der Waals surface area contributed by atoms with Gasteiger partial charge >= 0.3 is 5.97 Å². The molecule has 2 aliphatic heterocycles. The van der Waals surface area contributed by atoms with E-state index in [1.54, 1.807) is 45.0 Å². The van der Waals surface area contributed by atoms with Gasteiger partial charge in [-0.05, 0) is 73.9 Å². The molecule has 0 bridgehead atoms. The quantitative estimate of drug-likeness (QED) is 0.223. The second-order valence-corrected chi connectivity index (χ2v) is 16.0. The molecule has 278 valence electrons. The van der Waals surface area contributed by atoms with Gasteiger partial charge in [0.05, 0.1) is 23.7 Å². The zero-order chi connectivity index (χ0) is 37.7. The number of amides is 3. The highest BCUT2D eigenvalue weighted by molar-refractivity contribution is 6.32. The number of halogens is 1. The van der Waals surface area contributed by atoms with Gasteiger partial charge in [-0.25, -0.2) is 4.79 Å². The normalized spacial score (nSPS) is 27.3. The van der Waals surface area contributed by atoms with Gasteiger partial charge in [0.15, 0.2) is 0 Å². The highest BCUT2D eigenvalue weighted by Gasteiger charge is 2.48. The average molecular weight is 724 g/mol. The Morgan fingerprint density at radius 2 is 1.65 bits per heavy atom. The Balaban J connectivity index is 1.65. The summed E-state index contributed by atoms with van der Waals surface area (Å²) >= 11 is 6.37. The van der Waals surface area contributed by atoms with Crippen LogP contribution in [0.4, 0.5) is 0 Å². The molecule has 0 aromatic heterocycles. The van der Waals surface area contributed by atoms with E-state index in [1.807, 2.05) is 27.7 Å². The van der Waals surface area contributed by atoms with Gasteiger partial charge in [0.25, 0.3) is 0 Å². The summed E-state index contributed by atoms with van der Waals surface area (Å²) in [6.45, 7) is 15.2. The first-order valence-electron chi connectivity index (χ1n) is 17.8. The van der Waals surface area contributed by atoms with Crippen LogP contribution in [0, 0.1) is 16.7 Å². The summed E-state index contributed by atoms with van der Waals surface area (Å²) < 4.78 is 17.6. The van der Waals surface area contributed by atoms with Gasteiger partial charge in [-0.2, -0.15) is 0 Å². The van der Waals surface area contributed by atoms with E-state index in [0.717, 1.165) is 12.0 Å². The van der Waals surface area contributed by atoms with Crippen LogP contribution in [0.5, 0.6) is 5.75 Å². The smallest absolute Gasteiger partial charge is 0.328 e. The highest BCUT2D eigenvalue weighted by Crippen LogP contribution is 2.45. The van der Waals surface area contributed by atoms with Crippen molar-refractivity contribution < 1.29 is 33.4 Å². The number of hydrogen-bond acceptors (Lipinski definition) is 7. The fraction of sp³-hybridized carbons (Fsp3) is 0.550. The fourth-order valence-corrected chi connectivity index (χ4v) is 6.48. The fourth-order valence-electron chi connectivity index (χ4n) is 6.20. The molecule has 4 rings (SSSR count). The van der Waals surface area contributed by atoms with Gasteiger partial charge in [-0.3, -0.25) is 14.4 Å². The van der Waals surface area contributed by atoms with Crippen LogP contribution < -0.4 is 20.7 Å². The minimum absolute atomic E-state index is 0.138. The molecule has 2 heterocycles. The Hall–Kier alpha value is -3.89. The molecule has 0 saturated carbocycles. The third-order valence-electron chi connectivity index (χ3n) is 9.97. The Morgan fingerprint density at radius 3 is 2.25 bits per heavy atom. The maximum atomic E-state index is 13.9. The van der Waals surface area contributed by atoms with Crippen molar-refractivity contribution in [2.75, 3.05) is 7.11 Å². The summed E-state index contributed by atoms with van der Waals surface area (Å²) in [4.78, 5) is 54.9. The van der Waals surface area contributed by atoms with E-state index in [9.17, 15) is 19.2 Å². The van der Waals surface area contributed by atoms with Gasteiger partial charge in [0.2, 0.25) is 17.7 Å². The number of esters is 1. The van der Waals surface area contributed by atoms with E-state index in [-0.39, 0.29) is 36.4 Å². The average Bonchev–Trinajstić information content (AvgIpc) is 3.87. The van der Waals surface area contributed by atoms with Crippen LogP contribution in [0.2, 0.25) is 5.02 Å². The maximum absolute atomic E-state index is 13.9. The molecule has 2 aromatic carbocycles. The largest absolute Gasteiger partial charge is 0.495 e. The van der Waals surface area contributed by atoms with Gasteiger partial charge in [-0.15, -0.1) is 0 Å². The van der Waals surface area contributed by atoms with Crippen LogP contribution in [-0.4, -0.2) is 61.1 Å². The molecule has 0 radical (unpaired) electrons. The molecule has 3 N–H and O–H groups in total. The molecule has 7 atom stereocenters. The van der Waals surface area contributed by atoms with Crippen LogP contribution in [0.3, 0.4) is 0 Å². The zero-order valence-corrected chi connectivity index (χ0v) is 32.1. The van der Waals surface area contributed by atoms with Crippen molar-refractivity contribution in [1.29, 1.82) is 0 Å². The molecule has 10 nitrogen and oxygen atoms in total. The number of benzene rings is 2. The number of carbonyl (C=O) groups is 4. The maximum Gasteiger partial charge on any atom is 0.328 e. The molecule has 1 saturated heterocycles. The first kappa shape index (κ1) is 39.9. The third kappa shape index (κ3) is 10.6. The molecular weight excluding hydrogens is 670 g/mol. The lowest BCUT2D eigenvalue weighted by Crippen LogP contribution is -2.58. The SMILES string of the molecule is CCc1ccc([C@H]2O[C@@H]2[C@@H](C)[C@@H]2C/C=C/C(=O)N[C@H](Cc3ccc(OC)c(Cl)c3)C(=O)N[C@@H](C)C(C)(C)C(=O)N[C@@H](CC(C)(C)C)C(=O)O2)cc1. The standard InChI is InChI=1S/C40H54ClN3O7/c1-10-25-14-17-27(18-15-25)35-34(51-35)23(2)31-12-11-13-33(45)43-29(21-26-16-19-32(49-9)28(41)20-26)36(46)42-24(3)40(7,8)38(48)44-30(37(47)50-31)22-39(4,5)6/h11,13-20,23-24,29-31,34-35H,10,12,21-22H2,1-9H3,(H,42,46)(H,43,45)(H,44,48)/b13-11+/t23-,24-,29+,30-,31-,34+,35+/m0/s1. The second kappa shape index (κ2) is 16.6. The van der Waals surface area contributed by atoms with Gasteiger partial charge in [0.1, 0.15) is 30.0 Å². The molecule has 3 amide bonds. The van der Waals surface area contributed by atoms with Crippen molar-refractivity contribution in [1.82, 2.24) is 16.0 Å². The predicted octanol–water partition coefficient (Wildman–Crippen LogP) is 6.04. The lowest BCUT2D eigenvalue weighted by Gasteiger charge is -2.35. The van der Waals surface area contributed by atoms with E-state index < -0.39 is 53.3 Å². The number of ether oxygens (including phenoxy) is 3. The monoisotopic (exact) mass is 723 g/mol. The molecule has 2 aromatic rings. The minimum Gasteiger partial charge on any atom is -0.495 e. The molecule has 1 fully saturated rings. The molecule has 2 aliphatic rings. The Kier molecular flexibility index (Phi) is 13.0. The number of rotatable bonds is 8. The minimum atomic E-state index is -1.14. The molecular formula is C40H54ClN3O7. The van der Waals surface area contributed by atoms with Crippen LogP contribution in [-0.2, 0) is 41.5 Å². The van der Waals surface area contributed by atoms with E-state index in [2.05, 4.69) is 47.1 Å². The summed E-state index contributed by atoms with van der Waals surface area (Å²) in [6, 6.07) is 10.9. The van der Waals surface area contributed by atoms with Crippen molar-refractivity contribution in [3.05, 3.63) is 76.3 Å². The zero-order valence-electron chi connectivity index (χ0n) is 31.3. The van der Waals surface area contributed by atoms with Gasteiger partial charge < -0.3 is 30.2 Å². The lowest BCUT2D eigenvalue weighted by molar-refractivity contribution is -0.157. The first-order chi connectivity index (χ1) is 23.9. The summed E-state index contributed by atoms with van der Waals surface area (Å²) in [5.74, 6) is -1.69. The number of epoxide rings is 1. The number of hydrogen-bond donors (Lipinski definition) is 3. The van der Waals surface area contributed by atoms with Crippen molar-refractivity contribution in [3.8, 4) is 5.75 Å². The molecule has 0 spiro atoms. The molecule has 0 unspecified atom stereocenters. The summed E-state index contributed by atoms with van der Waals surface area (Å²) in [5, 5.41) is 9.07. The highest BCUT2D eigenvalue weighted by atomic mass is 35.5. The first-order valence-corrected chi connectivity index (χ1v) is 18.2. The molecule has 0 aliphatic carbocycles. The number of aryl methyl sites for hydroxylation is 1. The summed E-state index contributed by atoms with van der Waals surface area (Å²) in [5.41, 5.74) is 1.52.